The van der Waals surface area contributed by atoms with Crippen molar-refractivity contribution in [2.45, 2.75) is 85.3 Å². The summed E-state index contributed by atoms with van der Waals surface area (Å²) in [7, 11) is 1.75. The van der Waals surface area contributed by atoms with Crippen LogP contribution < -0.4 is 16.0 Å². The van der Waals surface area contributed by atoms with Gasteiger partial charge >= 0.3 is 0 Å². The van der Waals surface area contributed by atoms with Crippen LogP contribution in [0.2, 0.25) is 0 Å². The Bertz CT molecular complexity index is 582. The third-order valence-corrected chi connectivity index (χ3v) is 4.99. The summed E-state index contributed by atoms with van der Waals surface area (Å²) < 4.78 is 11.2. The molecular weight excluding hydrogens is 589 g/mol. The fraction of sp³-hybridized carbons (Fsp3) is 0.875. The molecule has 34 heavy (non-hydrogen) atoms. The summed E-state index contributed by atoms with van der Waals surface area (Å²) >= 11 is 0. The van der Waals surface area contributed by atoms with Gasteiger partial charge in [-0.15, -0.1) is 6.54 Å². The third-order valence-electron chi connectivity index (χ3n) is 4.99. The zero-order valence-electron chi connectivity index (χ0n) is 22.1. The van der Waals surface area contributed by atoms with E-state index in [1.807, 2.05) is 20.8 Å². The maximum Gasteiger partial charge on any atom is 0.246 e. The molecule has 0 aliphatic heterocycles. The van der Waals surface area contributed by atoms with E-state index in [0.29, 0.717) is 32.5 Å². The molecule has 0 rings (SSSR count). The molecule has 0 heterocycles. The number of unbranched alkanes of at least 4 members (excludes halogenated alkanes) is 1. The number of hydrogen-bond donors (Lipinski definition) is 3. The van der Waals surface area contributed by atoms with Crippen LogP contribution in [0.25, 0.3) is 5.32 Å². The van der Waals surface area contributed by atoms with Gasteiger partial charge in [0.15, 0.2) is 0 Å². The number of carbonyl (C=O) groups is 3. The molecule has 0 aromatic carbocycles. The number of hydrogen-bond acceptors (Lipinski definition) is 5. The van der Waals surface area contributed by atoms with Gasteiger partial charge in [-0.1, -0.05) is 33.6 Å². The van der Waals surface area contributed by atoms with Crippen molar-refractivity contribution in [1.82, 2.24) is 16.0 Å². The van der Waals surface area contributed by atoms with Gasteiger partial charge in [0.05, 0.1) is 5.60 Å². The summed E-state index contributed by atoms with van der Waals surface area (Å²) in [4.78, 5) is 36.3. The van der Waals surface area contributed by atoms with Crippen molar-refractivity contribution in [2.75, 3.05) is 46.5 Å². The minimum absolute atomic E-state index is 0. The summed E-state index contributed by atoms with van der Waals surface area (Å²) in [6, 6.07) is -0.618. The first kappa shape index (κ1) is 35.7. The van der Waals surface area contributed by atoms with Crippen LogP contribution in [0.3, 0.4) is 0 Å². The Hall–Kier alpha value is -0.450. The molecule has 1 unspecified atom stereocenters. The predicted molar refractivity (Wildman–Crippen MR) is 131 cm³/mol. The van der Waals surface area contributed by atoms with Crippen LogP contribution in [0.1, 0.15) is 73.6 Å². The van der Waals surface area contributed by atoms with Crippen LogP contribution in [0, 0.1) is 43.2 Å². The second-order valence-corrected chi connectivity index (χ2v) is 10.1. The van der Waals surface area contributed by atoms with E-state index in [9.17, 15) is 14.4 Å². The van der Waals surface area contributed by atoms with E-state index in [1.165, 1.54) is 0 Å². The maximum atomic E-state index is 12.2. The van der Waals surface area contributed by atoms with E-state index in [-0.39, 0.29) is 73.8 Å². The summed E-state index contributed by atoms with van der Waals surface area (Å²) in [6.07, 6.45) is 3.80. The fourth-order valence-electron chi connectivity index (χ4n) is 2.92. The fourth-order valence-corrected chi connectivity index (χ4v) is 2.92. The SMILES string of the molecule is CCNC(=O)C(CCCC[N-]C)NC(=O)COCC(=O)NCCC(C)(C)OCCC(C)(C)C.[Ho]. The minimum Gasteiger partial charge on any atom is -0.665 e. The van der Waals surface area contributed by atoms with Gasteiger partial charge < -0.3 is 30.7 Å². The van der Waals surface area contributed by atoms with Crippen molar-refractivity contribution in [3.8, 4) is 0 Å². The summed E-state index contributed by atoms with van der Waals surface area (Å²) in [5.74, 6) is -0.936. The molecule has 205 valence electrons. The predicted octanol–water partition coefficient (Wildman–Crippen LogP) is 2.54. The molecule has 0 saturated carbocycles. The van der Waals surface area contributed by atoms with Crippen LogP contribution in [0.4, 0.5) is 0 Å². The summed E-state index contributed by atoms with van der Waals surface area (Å²) in [5.41, 5.74) is -0.114. The topological polar surface area (TPSA) is 120 Å². The number of rotatable bonds is 18. The molecule has 3 N–H and O–H groups in total. The van der Waals surface area contributed by atoms with Gasteiger partial charge in [0.2, 0.25) is 17.7 Å². The standard InChI is InChI=1S/C24H47N4O5.Ho/c1-8-26-22(31)19(11-9-10-14-25-7)28-21(30)18-32-17-20(29)27-15-12-24(5,6)33-16-13-23(2,3)4;/h19H,8-18H2,1-7H3,(H,26,31)(H,27,29)(H,28,30);/q-1;. The first-order valence-corrected chi connectivity index (χ1v) is 12.0. The van der Waals surface area contributed by atoms with Gasteiger partial charge in [-0.2, -0.15) is 7.05 Å². The summed E-state index contributed by atoms with van der Waals surface area (Å²) in [5, 5.41) is 12.2. The van der Waals surface area contributed by atoms with Gasteiger partial charge in [-0.3, -0.25) is 14.4 Å². The molecule has 10 heteroatoms. The van der Waals surface area contributed by atoms with Crippen LogP contribution in [0.5, 0.6) is 0 Å². The normalized spacial score (nSPS) is 12.4. The van der Waals surface area contributed by atoms with Gasteiger partial charge in [-0.25, -0.2) is 0 Å². The number of nitrogens with one attached hydrogen (secondary N) is 3. The average Bonchev–Trinajstić information content (AvgIpc) is 2.69. The smallest absolute Gasteiger partial charge is 0.246 e. The number of ether oxygens (including phenoxy) is 2. The summed E-state index contributed by atoms with van der Waals surface area (Å²) in [6.45, 7) is 14.2. The van der Waals surface area contributed by atoms with Gasteiger partial charge in [0.25, 0.3) is 0 Å². The molecule has 0 aliphatic carbocycles. The first-order chi connectivity index (χ1) is 15.4. The number of nitrogens with zero attached hydrogens (tertiary/aromatic N) is 1. The zero-order chi connectivity index (χ0) is 25.3. The molecule has 1 atom stereocenters. The molecule has 0 spiro atoms. The number of amides is 3. The van der Waals surface area contributed by atoms with Crippen LogP contribution in [-0.2, 0) is 23.9 Å². The second kappa shape index (κ2) is 19.7. The van der Waals surface area contributed by atoms with E-state index >= 15 is 0 Å². The molecule has 9 nitrogen and oxygen atoms in total. The van der Waals surface area contributed by atoms with Crippen LogP contribution in [0.15, 0.2) is 0 Å². The molecule has 0 aromatic rings. The molecule has 1 radical (unpaired) electrons. The van der Waals surface area contributed by atoms with Crippen molar-refractivity contribution in [3.05, 3.63) is 5.32 Å². The van der Waals surface area contributed by atoms with Crippen molar-refractivity contribution >= 4 is 17.7 Å². The molecular formula is C24H47HoN4O5-. The third kappa shape index (κ3) is 20.9. The number of carbonyl (C=O) groups excluding carboxylic acids is 3. The van der Waals surface area contributed by atoms with Gasteiger partial charge in [0, 0.05) is 57.4 Å². The van der Waals surface area contributed by atoms with Gasteiger partial charge in [0.1, 0.15) is 19.3 Å². The van der Waals surface area contributed by atoms with Crippen molar-refractivity contribution < 1.29 is 61.6 Å². The molecule has 0 fully saturated rings. The van der Waals surface area contributed by atoms with Crippen LogP contribution >= 0.6 is 0 Å². The van der Waals surface area contributed by atoms with Crippen molar-refractivity contribution in [2.24, 2.45) is 5.41 Å². The molecule has 0 aliphatic rings. The Kier molecular flexibility index (Phi) is 20.7. The second-order valence-electron chi connectivity index (χ2n) is 10.1. The minimum atomic E-state index is -0.618. The van der Waals surface area contributed by atoms with E-state index < -0.39 is 11.9 Å². The quantitative estimate of drug-likeness (QED) is 0.158. The van der Waals surface area contributed by atoms with Gasteiger partial charge in [-0.05, 0) is 45.4 Å². The van der Waals surface area contributed by atoms with Crippen LogP contribution in [-0.4, -0.2) is 75.9 Å². The van der Waals surface area contributed by atoms with Crippen molar-refractivity contribution in [3.63, 3.8) is 0 Å². The first-order valence-electron chi connectivity index (χ1n) is 12.0. The Morgan fingerprint density at radius 2 is 1.59 bits per heavy atom. The molecule has 0 aromatic heterocycles. The molecule has 0 bridgehead atoms. The van der Waals surface area contributed by atoms with Crippen molar-refractivity contribution in [1.29, 1.82) is 0 Å². The average molecular weight is 637 g/mol. The Morgan fingerprint density at radius 3 is 2.18 bits per heavy atom. The van der Waals surface area contributed by atoms with E-state index in [0.717, 1.165) is 25.8 Å². The maximum absolute atomic E-state index is 12.2. The number of likely N-dealkylation sites (N-methyl/N-ethyl adjacent to an activating group) is 1. The Balaban J connectivity index is 0. The van der Waals surface area contributed by atoms with E-state index in [1.54, 1.807) is 7.05 Å². The molecule has 0 saturated heterocycles. The zero-order valence-corrected chi connectivity index (χ0v) is 24.1. The Morgan fingerprint density at radius 1 is 0.941 bits per heavy atom. The van der Waals surface area contributed by atoms with E-state index in [4.69, 9.17) is 9.47 Å². The molecule has 3 amide bonds. The Labute approximate surface area is 236 Å². The van der Waals surface area contributed by atoms with E-state index in [2.05, 4.69) is 42.0 Å². The monoisotopic (exact) mass is 636 g/mol. The largest absolute Gasteiger partial charge is 0.665 e.